The smallest absolute Gasteiger partial charge is 0.314 e. The van der Waals surface area contributed by atoms with Gasteiger partial charge in [-0.2, -0.15) is 0 Å². The summed E-state index contributed by atoms with van der Waals surface area (Å²) >= 11 is 0. The highest BCUT2D eigenvalue weighted by Gasteiger charge is 2.42. The summed E-state index contributed by atoms with van der Waals surface area (Å²) in [6, 6.07) is 38.1. The van der Waals surface area contributed by atoms with E-state index in [2.05, 4.69) is 90.5 Å². The Labute approximate surface area is 667 Å². The number of anilines is 2. The molecular weight excluding hydrogens is 1390 g/mol. The Hall–Kier alpha value is -9.30. The van der Waals surface area contributed by atoms with Crippen molar-refractivity contribution in [1.82, 2.24) is 21.3 Å². The van der Waals surface area contributed by atoms with Crippen LogP contribution in [0.3, 0.4) is 0 Å². The van der Waals surface area contributed by atoms with Gasteiger partial charge in [-0.3, -0.25) is 19.2 Å². The Morgan fingerprint density at radius 1 is 0.312 bits per heavy atom. The predicted molar refractivity (Wildman–Crippen MR) is 463 cm³/mol. The van der Waals surface area contributed by atoms with E-state index < -0.39 is 23.6 Å². The Kier molecular flexibility index (Phi) is 30.6. The molecule has 11 rings (SSSR count). The molecule has 0 saturated carbocycles. The number of hydrogen-bond donors (Lipinski definition) is 4. The average molecular weight is 1520 g/mol. The number of benzene rings is 9. The van der Waals surface area contributed by atoms with Gasteiger partial charge in [-0.05, 0) is 142 Å². The maximum absolute atomic E-state index is 16.1. The van der Waals surface area contributed by atoms with Crippen LogP contribution in [0, 0.1) is 0 Å². The van der Waals surface area contributed by atoms with Crippen molar-refractivity contribution in [3.63, 3.8) is 0 Å². The normalized spacial score (nSPS) is 12.9. The number of carbonyl (C=O) groups excluding carboxylic acids is 6. The Morgan fingerprint density at radius 3 is 0.884 bits per heavy atom. The van der Waals surface area contributed by atoms with Crippen LogP contribution in [-0.2, 0) is 12.8 Å². The number of urea groups is 2. The van der Waals surface area contributed by atoms with E-state index in [4.69, 9.17) is 9.47 Å². The first-order valence-corrected chi connectivity index (χ1v) is 43.3. The zero-order chi connectivity index (χ0) is 79.2. The third kappa shape index (κ3) is 20.2. The molecule has 2 heterocycles. The van der Waals surface area contributed by atoms with Crippen LogP contribution in [0.5, 0.6) is 23.0 Å². The summed E-state index contributed by atoms with van der Waals surface area (Å²) in [5, 5.41) is 16.7. The van der Waals surface area contributed by atoms with Gasteiger partial charge in [0.1, 0.15) is 23.0 Å². The number of amides is 8. The van der Waals surface area contributed by atoms with Crippen LogP contribution in [0.25, 0.3) is 43.1 Å². The zero-order valence-electron chi connectivity index (χ0n) is 69.1. The van der Waals surface area contributed by atoms with Crippen molar-refractivity contribution in [3.8, 4) is 23.0 Å². The van der Waals surface area contributed by atoms with Gasteiger partial charge in [-0.25, -0.2) is 19.4 Å². The Morgan fingerprint density at radius 2 is 0.589 bits per heavy atom. The number of carbonyl (C=O) groups is 6. The van der Waals surface area contributed by atoms with Crippen LogP contribution in [0.1, 0.15) is 348 Å². The second-order valence-corrected chi connectivity index (χ2v) is 33.0. The lowest BCUT2D eigenvalue weighted by Gasteiger charge is -2.34. The van der Waals surface area contributed by atoms with E-state index in [1.54, 1.807) is 24.3 Å². The van der Waals surface area contributed by atoms with E-state index in [0.29, 0.717) is 128 Å². The first-order chi connectivity index (χ1) is 54.4. The van der Waals surface area contributed by atoms with Crippen LogP contribution >= 0.6 is 0 Å². The maximum atomic E-state index is 16.1. The molecule has 0 unspecified atom stereocenters. The van der Waals surface area contributed by atoms with Gasteiger partial charge in [-0.1, -0.05) is 309 Å². The van der Waals surface area contributed by atoms with Crippen LogP contribution in [0.2, 0.25) is 0 Å². The van der Waals surface area contributed by atoms with Gasteiger partial charge in [0, 0.05) is 69.6 Å². The fourth-order valence-electron chi connectivity index (χ4n) is 17.0. The molecule has 0 spiro atoms. The zero-order valence-corrected chi connectivity index (χ0v) is 69.1. The Balaban J connectivity index is 0.882. The van der Waals surface area contributed by atoms with Gasteiger partial charge in [-0.15, -0.1) is 0 Å². The highest BCUT2D eigenvalue weighted by Crippen LogP contribution is 2.54. The molecule has 596 valence electrons. The summed E-state index contributed by atoms with van der Waals surface area (Å²) in [6.45, 7) is 23.3. The van der Waals surface area contributed by atoms with Crippen molar-refractivity contribution in [3.05, 3.63) is 177 Å². The molecule has 9 aromatic carbocycles. The van der Waals surface area contributed by atoms with Gasteiger partial charge in [0.25, 0.3) is 23.6 Å². The van der Waals surface area contributed by atoms with E-state index in [1.165, 1.54) is 164 Å². The Bertz CT molecular complexity index is 4340. The summed E-state index contributed by atoms with van der Waals surface area (Å²) < 4.78 is 14.4. The number of imide groups is 2. The van der Waals surface area contributed by atoms with Crippen molar-refractivity contribution >= 4 is 90.2 Å². The van der Waals surface area contributed by atoms with Crippen LogP contribution in [-0.4, -0.2) is 61.9 Å². The van der Waals surface area contributed by atoms with Gasteiger partial charge >= 0.3 is 12.1 Å². The fraction of sp³-hybridized carbons (Fsp3) is 0.490. The summed E-state index contributed by atoms with van der Waals surface area (Å²) in [7, 11) is 0. The minimum atomic E-state index is -0.491. The number of nitrogens with one attached hydrogen (secondary N) is 4. The number of para-hydroxylation sites is 2. The monoisotopic (exact) mass is 1510 g/mol. The van der Waals surface area contributed by atoms with Crippen LogP contribution < -0.4 is 40.5 Å². The second-order valence-electron chi connectivity index (χ2n) is 33.0. The summed E-state index contributed by atoms with van der Waals surface area (Å²) in [5.41, 5.74) is 7.84. The molecule has 0 bridgehead atoms. The molecule has 0 aromatic heterocycles. The van der Waals surface area contributed by atoms with E-state index in [1.807, 2.05) is 97.1 Å². The topological polar surface area (TPSA) is 175 Å². The lowest BCUT2D eigenvalue weighted by Crippen LogP contribution is -2.42. The lowest BCUT2D eigenvalue weighted by molar-refractivity contribution is 0.0877. The molecule has 8 amide bonds. The largest absolute Gasteiger partial charge is 0.457 e. The minimum Gasteiger partial charge on any atom is -0.457 e. The molecule has 9 aromatic rings. The van der Waals surface area contributed by atoms with Gasteiger partial charge in [0.15, 0.2) is 0 Å². The van der Waals surface area contributed by atoms with Crippen LogP contribution in [0.4, 0.5) is 21.0 Å². The molecule has 112 heavy (non-hydrogen) atoms. The number of unbranched alkanes of at least 4 members (excludes halogenated alkanes) is 26. The highest BCUT2D eigenvalue weighted by atomic mass is 16.5. The molecule has 14 heteroatoms. The standard InChI is InChI=1S/C98H126N6O8/c1-11-13-15-17-19-21-23-25-27-29-31-33-35-37-59-99-97(109)101-61-57-69-45-49-71(50-46-69)111-83-63-81-85-79(93(105)103(95(81)107)91-73(65(3)4)41-39-42-74(91)66(5)6)56-54-78-88-84(112-72-51-47-70(48-52-72)58-62-102-98(110)100-60-38-36-34-32-30-28-26-24-22-20-18-16-14-12-2)64-82-86-80(55-53-77(90(86)88)87(83)89(78)85)94(106)104(96(82)108)92-75(67(7)8)43-40-44-76(92)68(9)10/h39-56,63-68H,11-38,57-62H2,1-10H3,(H2,99,101,109)(H2,100,102,110). The lowest BCUT2D eigenvalue weighted by atomic mass is 9.80. The molecule has 14 nitrogen and oxygen atoms in total. The SMILES string of the molecule is CCCCCCCCCCCCCCCCNC(=O)NCCc1ccc(Oc2cc3c4c(ccc5c6c(Oc7ccc(CCNC(=O)NCCCCCCCCCCCCCCCC)cc7)cc7c8c(ccc(c2c45)c86)C(=O)N(c2c(C(C)C)cccc2C(C)C)C7=O)C(=O)N(c2c(C(C)C)cccc2C(C)C)C3=O)cc1. The quantitative estimate of drug-likeness (QED) is 0.0126. The van der Waals surface area contributed by atoms with Crippen LogP contribution in [0.15, 0.2) is 121 Å². The van der Waals surface area contributed by atoms with Gasteiger partial charge < -0.3 is 30.7 Å². The first-order valence-electron chi connectivity index (χ1n) is 43.3. The molecular formula is C98H126N6O8. The van der Waals surface area contributed by atoms with Crippen molar-refractivity contribution < 1.29 is 38.2 Å². The number of fused-ring (bicyclic) bond motifs is 2. The van der Waals surface area contributed by atoms with Crippen molar-refractivity contribution in [2.75, 3.05) is 36.0 Å². The minimum absolute atomic E-state index is 0.0330. The average Bonchev–Trinajstić information content (AvgIpc) is 0.678. The van der Waals surface area contributed by atoms with E-state index in [9.17, 15) is 9.59 Å². The first kappa shape index (κ1) is 83.6. The molecule has 0 fully saturated rings. The molecule has 0 atom stereocenters. The van der Waals surface area contributed by atoms with Crippen molar-refractivity contribution in [2.45, 2.75) is 286 Å². The second kappa shape index (κ2) is 40.9. The van der Waals surface area contributed by atoms with Gasteiger partial charge in [0.2, 0.25) is 0 Å². The summed E-state index contributed by atoms with van der Waals surface area (Å²) in [5.74, 6) is -0.391. The number of hydrogen-bond acceptors (Lipinski definition) is 8. The van der Waals surface area contributed by atoms with E-state index in [-0.39, 0.29) is 46.9 Å². The van der Waals surface area contributed by atoms with E-state index >= 15 is 19.2 Å². The van der Waals surface area contributed by atoms with Crippen molar-refractivity contribution in [1.29, 1.82) is 0 Å². The van der Waals surface area contributed by atoms with Crippen molar-refractivity contribution in [2.24, 2.45) is 0 Å². The molecule has 4 N–H and O–H groups in total. The number of rotatable bonds is 46. The van der Waals surface area contributed by atoms with E-state index in [0.717, 1.165) is 59.1 Å². The summed E-state index contributed by atoms with van der Waals surface area (Å²) in [6.07, 6.45) is 37.1. The third-order valence-electron chi connectivity index (χ3n) is 23.2. The fourth-order valence-corrected chi connectivity index (χ4v) is 17.0. The molecule has 2 aliphatic heterocycles. The highest BCUT2D eigenvalue weighted by molar-refractivity contribution is 6.47. The molecule has 0 saturated heterocycles. The molecule has 0 radical (unpaired) electrons. The molecule has 0 aliphatic carbocycles. The number of nitrogens with zero attached hydrogens (tertiary/aromatic N) is 2. The third-order valence-corrected chi connectivity index (χ3v) is 23.2. The maximum Gasteiger partial charge on any atom is 0.314 e. The molecule has 2 aliphatic rings. The summed E-state index contributed by atoms with van der Waals surface area (Å²) in [4.78, 5) is 92.4. The van der Waals surface area contributed by atoms with Gasteiger partial charge in [0.05, 0.1) is 22.5 Å². The predicted octanol–water partition coefficient (Wildman–Crippen LogP) is 26.1. The number of ether oxygens (including phenoxy) is 2.